The van der Waals surface area contributed by atoms with Gasteiger partial charge in [-0.1, -0.05) is 110 Å². The summed E-state index contributed by atoms with van der Waals surface area (Å²) in [7, 11) is 6.56. The van der Waals surface area contributed by atoms with Crippen molar-refractivity contribution in [1.82, 2.24) is 49.8 Å². The Bertz CT molecular complexity index is 1610. The molecule has 3 aromatic heterocycles. The van der Waals surface area contributed by atoms with Crippen LogP contribution < -0.4 is 5.32 Å². The van der Waals surface area contributed by atoms with Crippen molar-refractivity contribution in [3.8, 4) is 0 Å². The number of H-pyrrole nitrogens is 1. The van der Waals surface area contributed by atoms with Crippen LogP contribution in [0.4, 0.5) is 0 Å². The minimum Gasteiger partial charge on any atom is -0.396 e. The lowest BCUT2D eigenvalue weighted by Gasteiger charge is -2.37. The Morgan fingerprint density at radius 2 is 0.795 bits per heavy atom. The topological polar surface area (TPSA) is 143 Å². The number of ether oxygens (including phenoxy) is 4. The van der Waals surface area contributed by atoms with Gasteiger partial charge in [0, 0.05) is 114 Å². The highest BCUT2D eigenvalue weighted by atomic mass is 16.5. The van der Waals surface area contributed by atoms with Crippen LogP contribution in [-0.4, -0.2) is 179 Å². The molecule has 8 aliphatic rings. The van der Waals surface area contributed by atoms with Crippen LogP contribution in [0.3, 0.4) is 0 Å². The number of rotatable bonds is 6. The van der Waals surface area contributed by atoms with Crippen molar-refractivity contribution in [2.24, 2.45) is 23.7 Å². The second-order valence-electron chi connectivity index (χ2n) is 20.7. The molecule has 11 rings (SSSR count). The minimum absolute atomic E-state index is 0.125. The van der Waals surface area contributed by atoms with Crippen LogP contribution >= 0.6 is 0 Å². The summed E-state index contributed by atoms with van der Waals surface area (Å²) in [5, 5.41) is 27.2. The fourth-order valence-corrected chi connectivity index (χ4v) is 11.3. The molecule has 8 saturated heterocycles. The predicted molar refractivity (Wildman–Crippen MR) is 329 cm³/mol. The van der Waals surface area contributed by atoms with Gasteiger partial charge in [-0.3, -0.25) is 14.5 Å². The van der Waals surface area contributed by atoms with Crippen LogP contribution in [0.5, 0.6) is 0 Å². The van der Waals surface area contributed by atoms with Crippen LogP contribution in [0.1, 0.15) is 187 Å². The number of aliphatic hydroxyl groups is 1. The molecule has 4 spiro atoms. The van der Waals surface area contributed by atoms with Crippen LogP contribution in [-0.2, 0) is 32.0 Å². The molecule has 0 bridgehead atoms. The molecule has 78 heavy (non-hydrogen) atoms. The number of hydrogen-bond acceptors (Lipinski definition) is 12. The van der Waals surface area contributed by atoms with Crippen molar-refractivity contribution in [2.45, 2.75) is 223 Å². The van der Waals surface area contributed by atoms with Crippen LogP contribution in [0.15, 0.2) is 55.4 Å². The normalized spacial score (nSPS) is 24.6. The molecule has 3 aromatic rings. The summed E-state index contributed by atoms with van der Waals surface area (Å²) in [6, 6.07) is 5.80. The van der Waals surface area contributed by atoms with Gasteiger partial charge < -0.3 is 44.1 Å². The van der Waals surface area contributed by atoms with Gasteiger partial charge in [0.2, 0.25) is 0 Å². The summed E-state index contributed by atoms with van der Waals surface area (Å²) < 4.78 is 28.1. The first kappa shape index (κ1) is 75.3. The number of nitrogens with one attached hydrogen (secondary N) is 2. The Labute approximate surface area is 480 Å². The van der Waals surface area contributed by atoms with Crippen LogP contribution in [0.25, 0.3) is 0 Å². The van der Waals surface area contributed by atoms with Gasteiger partial charge in [-0.05, 0) is 135 Å². The Hall–Kier alpha value is -2.73. The SMILES string of the molecule is CC.CC.CC.CC.CC.CC.CC.CCC1COC2(CCN(C)CC2)C1.CN1CCC2(CC1)CC(CO)CO2.CN1CCC2(CC1)CC(Cn1cccn1)CO2.c1cn[nH]c1.c1cnn(CC2COC3(CCNCC3)C2)c1. The number of aromatic nitrogens is 6. The number of hydrogen-bond donors (Lipinski definition) is 3. The largest absolute Gasteiger partial charge is 0.396 e. The van der Waals surface area contributed by atoms with Crippen LogP contribution in [0.2, 0.25) is 0 Å². The van der Waals surface area contributed by atoms with Crippen molar-refractivity contribution < 1.29 is 24.1 Å². The molecule has 8 aliphatic heterocycles. The first-order valence-corrected chi connectivity index (χ1v) is 31.9. The first-order valence-electron chi connectivity index (χ1n) is 31.9. The fourth-order valence-electron chi connectivity index (χ4n) is 11.3. The number of likely N-dealkylation sites (tertiary alicyclic amines) is 3. The molecular weight excluding hydrogens is 977 g/mol. The quantitative estimate of drug-likeness (QED) is 0.216. The summed E-state index contributed by atoms with van der Waals surface area (Å²) in [5.41, 5.74) is 0.778. The average Bonchev–Trinajstić information content (AvgIpc) is 4.39. The summed E-state index contributed by atoms with van der Waals surface area (Å²) in [5.74, 6) is 2.50. The number of aliphatic hydroxyl groups excluding tert-OH is 1. The molecule has 4 unspecified atom stereocenters. The van der Waals surface area contributed by atoms with Crippen molar-refractivity contribution in [3.63, 3.8) is 0 Å². The van der Waals surface area contributed by atoms with Gasteiger partial charge >= 0.3 is 0 Å². The van der Waals surface area contributed by atoms with Gasteiger partial charge in [-0.2, -0.15) is 15.3 Å². The summed E-state index contributed by atoms with van der Waals surface area (Å²) in [4.78, 5) is 7.16. The van der Waals surface area contributed by atoms with Gasteiger partial charge in [0.25, 0.3) is 0 Å². The van der Waals surface area contributed by atoms with E-state index in [0.29, 0.717) is 17.8 Å². The Kier molecular flexibility index (Phi) is 43.3. The molecule has 458 valence electrons. The zero-order valence-electron chi connectivity index (χ0n) is 54.0. The maximum atomic E-state index is 9.04. The monoisotopic (exact) mass is 1100 g/mol. The lowest BCUT2D eigenvalue weighted by atomic mass is 9.85. The molecule has 0 aliphatic carbocycles. The predicted octanol–water partition coefficient (Wildman–Crippen LogP) is 12.4. The lowest BCUT2D eigenvalue weighted by molar-refractivity contribution is -0.0397. The Morgan fingerprint density at radius 3 is 1.06 bits per heavy atom. The van der Waals surface area contributed by atoms with Crippen molar-refractivity contribution >= 4 is 0 Å². The molecule has 0 saturated carbocycles. The Balaban J connectivity index is 0.000000919. The van der Waals surface area contributed by atoms with Crippen molar-refractivity contribution in [3.05, 3.63) is 55.4 Å². The third-order valence-electron chi connectivity index (χ3n) is 15.6. The van der Waals surface area contributed by atoms with E-state index in [2.05, 4.69) is 68.5 Å². The van der Waals surface area contributed by atoms with Crippen molar-refractivity contribution in [2.75, 3.05) is 107 Å². The molecule has 3 N–H and O–H groups in total. The van der Waals surface area contributed by atoms with E-state index in [4.69, 9.17) is 24.1 Å². The van der Waals surface area contributed by atoms with Gasteiger partial charge in [0.1, 0.15) is 0 Å². The van der Waals surface area contributed by atoms with E-state index in [0.717, 1.165) is 90.9 Å². The van der Waals surface area contributed by atoms with Gasteiger partial charge in [0.05, 0.1) is 48.8 Å². The van der Waals surface area contributed by atoms with Crippen LogP contribution in [0, 0.1) is 23.7 Å². The van der Waals surface area contributed by atoms with E-state index in [-0.39, 0.29) is 29.0 Å². The maximum Gasteiger partial charge on any atom is 0.0711 e. The van der Waals surface area contributed by atoms with E-state index in [1.54, 1.807) is 12.4 Å². The average molecular weight is 1100 g/mol. The number of aromatic amines is 1. The Morgan fingerprint density at radius 1 is 0.462 bits per heavy atom. The molecule has 15 heteroatoms. The third kappa shape index (κ3) is 27.4. The zero-order valence-corrected chi connectivity index (χ0v) is 54.0. The van der Waals surface area contributed by atoms with Gasteiger partial charge in [0.15, 0.2) is 0 Å². The summed E-state index contributed by atoms with van der Waals surface area (Å²) in [6.45, 7) is 45.4. The molecule has 11 heterocycles. The molecular formula is C63H126N10O5. The molecule has 4 atom stereocenters. The zero-order chi connectivity index (χ0) is 58.7. The van der Waals surface area contributed by atoms with Crippen molar-refractivity contribution in [1.29, 1.82) is 0 Å². The van der Waals surface area contributed by atoms with E-state index in [1.165, 1.54) is 90.4 Å². The molecule has 0 aromatic carbocycles. The smallest absolute Gasteiger partial charge is 0.0711 e. The molecule has 0 radical (unpaired) electrons. The van der Waals surface area contributed by atoms with E-state index in [9.17, 15) is 0 Å². The fraction of sp³-hybridized carbons (Fsp3) is 0.857. The maximum absolute atomic E-state index is 9.04. The standard InChI is InChI=1S/C13H21N3O.C12H19N3O.C11H21NO.C10H19NO2.C3H4N2.7C2H6/c1-15-7-3-13(4-8-15)9-12(11-17-13)10-16-6-2-5-14-16;1-4-14-15(7-1)9-11-8-12(16-10-11)2-5-13-6-3-12;1-3-10-8-11(13-9-10)4-6-12(2)7-5-11;1-11-4-2-10(3-5-11)6-9(7-12)8-13-10;1-2-4-5-3-1;7*1-2/h2,5-6,12H,3-4,7-11H2,1H3;1,4,7,11,13H,2-3,5-6,8-10H2;10H,3-9H2,1-2H3;9,12H,2-8H2,1H3;1-3H,(H,4,5);7*1-2H3. The number of nitrogens with zero attached hydrogens (tertiary/aromatic N) is 8. The highest BCUT2D eigenvalue weighted by molar-refractivity contribution is 4.96. The second kappa shape index (κ2) is 44.9. The minimum atomic E-state index is 0.125. The highest BCUT2D eigenvalue weighted by Crippen LogP contribution is 2.41. The summed E-state index contributed by atoms with van der Waals surface area (Å²) in [6.07, 6.45) is 26.8. The van der Waals surface area contributed by atoms with E-state index in [1.807, 2.05) is 149 Å². The number of piperidine rings is 4. The third-order valence-corrected chi connectivity index (χ3v) is 15.6. The molecule has 15 nitrogen and oxygen atoms in total. The van der Waals surface area contributed by atoms with E-state index >= 15 is 0 Å². The van der Waals surface area contributed by atoms with E-state index < -0.39 is 0 Å². The highest BCUT2D eigenvalue weighted by Gasteiger charge is 2.44. The van der Waals surface area contributed by atoms with Gasteiger partial charge in [-0.25, -0.2) is 0 Å². The van der Waals surface area contributed by atoms with Gasteiger partial charge in [-0.15, -0.1) is 0 Å². The summed E-state index contributed by atoms with van der Waals surface area (Å²) >= 11 is 0. The second-order valence-corrected chi connectivity index (χ2v) is 20.7. The molecule has 0 amide bonds. The first-order chi connectivity index (χ1) is 38.1. The molecule has 8 fully saturated rings. The lowest BCUT2D eigenvalue weighted by Crippen LogP contribution is -2.42.